The summed E-state index contributed by atoms with van der Waals surface area (Å²) in [5, 5.41) is 1.86. The molecule has 6 heteroatoms. The van der Waals surface area contributed by atoms with Crippen molar-refractivity contribution >= 4 is 46.0 Å². The third-order valence-corrected chi connectivity index (χ3v) is 5.40. The van der Waals surface area contributed by atoms with E-state index in [0.717, 1.165) is 5.56 Å². The van der Waals surface area contributed by atoms with Gasteiger partial charge in [-0.3, -0.25) is 9.59 Å². The van der Waals surface area contributed by atoms with Crippen molar-refractivity contribution in [1.82, 2.24) is 4.98 Å². The van der Waals surface area contributed by atoms with Crippen LogP contribution >= 0.6 is 23.2 Å². The van der Waals surface area contributed by atoms with E-state index in [1.54, 1.807) is 79.9 Å². The molecule has 0 bridgehead atoms. The van der Waals surface area contributed by atoms with Crippen molar-refractivity contribution < 1.29 is 9.53 Å². The van der Waals surface area contributed by atoms with Gasteiger partial charge in [0.1, 0.15) is 5.75 Å². The van der Waals surface area contributed by atoms with Crippen LogP contribution in [0.15, 0.2) is 77.6 Å². The van der Waals surface area contributed by atoms with Crippen LogP contribution in [0.4, 0.5) is 0 Å². The Balaban J connectivity index is 1.92. The average molecular weight is 450 g/mol. The molecule has 1 heterocycles. The molecule has 31 heavy (non-hydrogen) atoms. The van der Waals surface area contributed by atoms with Crippen molar-refractivity contribution in [3.63, 3.8) is 0 Å². The summed E-state index contributed by atoms with van der Waals surface area (Å²) in [5.41, 5.74) is 2.22. The molecule has 0 spiro atoms. The number of ether oxygens (including phenoxy) is 1. The average Bonchev–Trinajstić information content (AvgIpc) is 2.78. The summed E-state index contributed by atoms with van der Waals surface area (Å²) in [6, 6.07) is 19.4. The minimum atomic E-state index is -0.464. The van der Waals surface area contributed by atoms with Crippen molar-refractivity contribution in [1.29, 1.82) is 0 Å². The fraction of sp³-hybridized carbons (Fsp3) is 0.0400. The maximum Gasteiger partial charge on any atom is 0.260 e. The molecule has 4 nitrogen and oxygen atoms in total. The van der Waals surface area contributed by atoms with Crippen molar-refractivity contribution in [3.8, 4) is 16.9 Å². The number of fused-ring (bicyclic) bond motifs is 1. The quantitative estimate of drug-likeness (QED) is 0.283. The van der Waals surface area contributed by atoms with E-state index < -0.39 is 11.3 Å². The van der Waals surface area contributed by atoms with E-state index in [2.05, 4.69) is 4.98 Å². The Morgan fingerprint density at radius 2 is 1.58 bits per heavy atom. The molecule has 4 aromatic rings. The fourth-order valence-electron chi connectivity index (χ4n) is 3.38. The van der Waals surface area contributed by atoms with Crippen LogP contribution in [0.1, 0.15) is 15.9 Å². The monoisotopic (exact) mass is 449 g/mol. The van der Waals surface area contributed by atoms with E-state index in [1.165, 1.54) is 6.08 Å². The first-order chi connectivity index (χ1) is 15.0. The highest BCUT2D eigenvalue weighted by atomic mass is 35.5. The zero-order valence-electron chi connectivity index (χ0n) is 16.5. The Kier molecular flexibility index (Phi) is 5.94. The van der Waals surface area contributed by atoms with Gasteiger partial charge in [0.25, 0.3) is 5.56 Å². The number of carbonyl (C=O) groups is 1. The number of aromatic amines is 1. The van der Waals surface area contributed by atoms with Gasteiger partial charge in [0.2, 0.25) is 0 Å². The van der Waals surface area contributed by atoms with E-state index >= 15 is 0 Å². The lowest BCUT2D eigenvalue weighted by molar-refractivity contribution is 0.104. The molecule has 0 unspecified atom stereocenters. The van der Waals surface area contributed by atoms with Gasteiger partial charge in [0.05, 0.1) is 12.7 Å². The van der Waals surface area contributed by atoms with Gasteiger partial charge in [-0.05, 0) is 59.7 Å². The molecule has 1 aromatic heterocycles. The van der Waals surface area contributed by atoms with Gasteiger partial charge in [-0.2, -0.15) is 0 Å². The first kappa shape index (κ1) is 20.9. The summed E-state index contributed by atoms with van der Waals surface area (Å²) >= 11 is 12.0. The fourth-order valence-corrected chi connectivity index (χ4v) is 3.63. The second-order valence-electron chi connectivity index (χ2n) is 6.87. The number of H-pyrrole nitrogens is 1. The number of hydrogen-bond donors (Lipinski definition) is 1. The topological polar surface area (TPSA) is 59.2 Å². The molecular formula is C25H17Cl2NO3. The van der Waals surface area contributed by atoms with Crippen LogP contribution in [0.3, 0.4) is 0 Å². The van der Waals surface area contributed by atoms with E-state index in [1.807, 2.05) is 0 Å². The van der Waals surface area contributed by atoms with Gasteiger partial charge in [0, 0.05) is 26.5 Å². The summed E-state index contributed by atoms with van der Waals surface area (Å²) in [4.78, 5) is 28.9. The molecule has 0 atom stereocenters. The van der Waals surface area contributed by atoms with Crippen LogP contribution < -0.4 is 10.3 Å². The van der Waals surface area contributed by atoms with Gasteiger partial charge >= 0.3 is 0 Å². The normalized spacial score (nSPS) is 11.2. The molecule has 0 saturated carbocycles. The van der Waals surface area contributed by atoms with Crippen molar-refractivity contribution in [2.24, 2.45) is 0 Å². The summed E-state index contributed by atoms with van der Waals surface area (Å²) in [6.07, 6.45) is 3.04. The third kappa shape index (κ3) is 4.41. The molecule has 3 aromatic carbocycles. The largest absolute Gasteiger partial charge is 0.497 e. The Labute approximate surface area is 188 Å². The van der Waals surface area contributed by atoms with Gasteiger partial charge in [-0.1, -0.05) is 53.5 Å². The predicted octanol–water partition coefficient (Wildman–Crippen LogP) is 6.41. The van der Waals surface area contributed by atoms with Gasteiger partial charge in [0.15, 0.2) is 5.78 Å². The number of hydrogen-bond acceptors (Lipinski definition) is 3. The minimum Gasteiger partial charge on any atom is -0.497 e. The first-order valence-electron chi connectivity index (χ1n) is 9.44. The summed E-state index contributed by atoms with van der Waals surface area (Å²) in [5.74, 6) is 0.204. The second-order valence-corrected chi connectivity index (χ2v) is 7.74. The lowest BCUT2D eigenvalue weighted by atomic mass is 9.93. The number of nitrogens with one attached hydrogen (secondary N) is 1. The zero-order chi connectivity index (χ0) is 22.0. The van der Waals surface area contributed by atoms with Gasteiger partial charge < -0.3 is 9.72 Å². The molecule has 4 rings (SSSR count). The molecule has 0 radical (unpaired) electrons. The number of ketones is 1. The van der Waals surface area contributed by atoms with Crippen LogP contribution in [0, 0.1) is 0 Å². The van der Waals surface area contributed by atoms with E-state index in [0.29, 0.717) is 37.8 Å². The SMILES string of the molecule is COc1ccc2[nH]c(=O)c(C(=O)/C=C/c3ccc(Cl)cc3)c(-c3ccc(Cl)cc3)c2c1. The predicted molar refractivity (Wildman–Crippen MR) is 126 cm³/mol. The van der Waals surface area contributed by atoms with Crippen LogP contribution in [-0.4, -0.2) is 17.9 Å². The Hall–Kier alpha value is -3.34. The number of allylic oxidation sites excluding steroid dienone is 1. The standard InChI is InChI=1S/C25H17Cl2NO3/c1-31-19-11-12-21-20(14-19)23(16-5-9-18(27)10-6-16)24(25(30)28-21)22(29)13-4-15-2-7-17(26)8-3-15/h2-14H,1H3,(H,28,30)/b13-4+. The number of rotatable bonds is 5. The number of aromatic nitrogens is 1. The number of methoxy groups -OCH3 is 1. The molecule has 0 saturated heterocycles. The molecule has 0 aliphatic heterocycles. The molecule has 0 aliphatic carbocycles. The number of pyridine rings is 1. The van der Waals surface area contributed by atoms with Crippen LogP contribution in [0.2, 0.25) is 10.0 Å². The van der Waals surface area contributed by atoms with E-state index in [4.69, 9.17) is 27.9 Å². The molecular weight excluding hydrogens is 433 g/mol. The summed E-state index contributed by atoms with van der Waals surface area (Å²) in [7, 11) is 1.57. The highest BCUT2D eigenvalue weighted by Gasteiger charge is 2.19. The lowest BCUT2D eigenvalue weighted by Gasteiger charge is -2.12. The third-order valence-electron chi connectivity index (χ3n) is 4.90. The lowest BCUT2D eigenvalue weighted by Crippen LogP contribution is -2.18. The second kappa shape index (κ2) is 8.80. The highest BCUT2D eigenvalue weighted by Crippen LogP contribution is 2.33. The minimum absolute atomic E-state index is 0.0493. The molecule has 0 amide bonds. The molecule has 154 valence electrons. The molecule has 1 N–H and O–H groups in total. The maximum atomic E-state index is 13.2. The highest BCUT2D eigenvalue weighted by molar-refractivity contribution is 6.31. The van der Waals surface area contributed by atoms with Crippen LogP contribution in [-0.2, 0) is 0 Å². The van der Waals surface area contributed by atoms with Gasteiger partial charge in [-0.15, -0.1) is 0 Å². The number of carbonyl (C=O) groups excluding carboxylic acids is 1. The van der Waals surface area contributed by atoms with Crippen molar-refractivity contribution in [2.75, 3.05) is 7.11 Å². The Bertz CT molecular complexity index is 1350. The van der Waals surface area contributed by atoms with E-state index in [-0.39, 0.29) is 5.56 Å². The maximum absolute atomic E-state index is 13.2. The Morgan fingerprint density at radius 1 is 0.935 bits per heavy atom. The zero-order valence-corrected chi connectivity index (χ0v) is 18.0. The molecule has 0 aliphatic rings. The van der Waals surface area contributed by atoms with Crippen molar-refractivity contribution in [2.45, 2.75) is 0 Å². The smallest absolute Gasteiger partial charge is 0.260 e. The Morgan fingerprint density at radius 3 is 2.23 bits per heavy atom. The first-order valence-corrected chi connectivity index (χ1v) is 10.2. The number of benzene rings is 3. The summed E-state index contributed by atoms with van der Waals surface area (Å²) < 4.78 is 5.36. The van der Waals surface area contributed by atoms with E-state index in [9.17, 15) is 9.59 Å². The van der Waals surface area contributed by atoms with Crippen LogP contribution in [0.25, 0.3) is 28.1 Å². The van der Waals surface area contributed by atoms with Crippen LogP contribution in [0.5, 0.6) is 5.75 Å². The van der Waals surface area contributed by atoms with Gasteiger partial charge in [-0.25, -0.2) is 0 Å². The van der Waals surface area contributed by atoms with Crippen molar-refractivity contribution in [3.05, 3.63) is 104 Å². The summed E-state index contributed by atoms with van der Waals surface area (Å²) in [6.45, 7) is 0. The molecule has 0 fully saturated rings. The number of halogens is 2.